The predicted octanol–water partition coefficient (Wildman–Crippen LogP) is 2.96. The van der Waals surface area contributed by atoms with Crippen LogP contribution in [0, 0.1) is 17.5 Å². The number of rotatable bonds is 6. The second-order valence-corrected chi connectivity index (χ2v) is 4.43. The van der Waals surface area contributed by atoms with Crippen LogP contribution >= 0.6 is 0 Å². The van der Waals surface area contributed by atoms with Crippen molar-refractivity contribution in [1.82, 2.24) is 0 Å². The SMILES string of the molecule is OC(CNc1cc(F)cc(F)c1)COc1ccccc1F. The van der Waals surface area contributed by atoms with Crippen LogP contribution in [-0.2, 0) is 0 Å². The van der Waals surface area contributed by atoms with E-state index in [2.05, 4.69) is 5.32 Å². The Morgan fingerprint density at radius 3 is 2.38 bits per heavy atom. The molecule has 0 fully saturated rings. The number of aliphatic hydroxyl groups excluding tert-OH is 1. The Morgan fingerprint density at radius 2 is 1.71 bits per heavy atom. The Hall–Kier alpha value is -2.21. The van der Waals surface area contributed by atoms with Crippen molar-refractivity contribution >= 4 is 5.69 Å². The first-order valence-electron chi connectivity index (χ1n) is 6.30. The summed E-state index contributed by atoms with van der Waals surface area (Å²) in [5.74, 6) is -1.91. The first kappa shape index (κ1) is 15.2. The van der Waals surface area contributed by atoms with Crippen molar-refractivity contribution in [3.05, 3.63) is 59.9 Å². The summed E-state index contributed by atoms with van der Waals surface area (Å²) < 4.78 is 44.3. The summed E-state index contributed by atoms with van der Waals surface area (Å²) in [6.07, 6.45) is -0.962. The smallest absolute Gasteiger partial charge is 0.165 e. The highest BCUT2D eigenvalue weighted by atomic mass is 19.1. The van der Waals surface area contributed by atoms with Gasteiger partial charge in [-0.25, -0.2) is 13.2 Å². The summed E-state index contributed by atoms with van der Waals surface area (Å²) in [7, 11) is 0. The van der Waals surface area contributed by atoms with Gasteiger partial charge in [0.1, 0.15) is 24.3 Å². The zero-order valence-corrected chi connectivity index (χ0v) is 11.0. The highest BCUT2D eigenvalue weighted by Crippen LogP contribution is 2.16. The van der Waals surface area contributed by atoms with Crippen LogP contribution in [0.3, 0.4) is 0 Å². The molecule has 0 aliphatic rings. The Bertz CT molecular complexity index is 587. The highest BCUT2D eigenvalue weighted by molar-refractivity contribution is 5.43. The molecule has 2 rings (SSSR count). The standard InChI is InChI=1S/C15H14F3NO2/c16-10-5-11(17)7-12(6-10)19-8-13(20)9-21-15-4-2-1-3-14(15)18/h1-7,13,19-20H,8-9H2. The van der Waals surface area contributed by atoms with E-state index < -0.39 is 23.6 Å². The van der Waals surface area contributed by atoms with Crippen LogP contribution in [0.15, 0.2) is 42.5 Å². The molecule has 0 bridgehead atoms. The average Bonchev–Trinajstić information content (AvgIpc) is 2.43. The molecular formula is C15H14F3NO2. The van der Waals surface area contributed by atoms with Gasteiger partial charge in [0.2, 0.25) is 0 Å². The van der Waals surface area contributed by atoms with Crippen molar-refractivity contribution in [2.75, 3.05) is 18.5 Å². The van der Waals surface area contributed by atoms with Gasteiger partial charge in [-0.2, -0.15) is 0 Å². The minimum absolute atomic E-state index is 0.0113. The Labute approximate surface area is 120 Å². The quantitative estimate of drug-likeness (QED) is 0.861. The van der Waals surface area contributed by atoms with Crippen molar-refractivity contribution in [2.24, 2.45) is 0 Å². The fourth-order valence-electron chi connectivity index (χ4n) is 1.70. The molecule has 21 heavy (non-hydrogen) atoms. The van der Waals surface area contributed by atoms with Crippen LogP contribution in [0.4, 0.5) is 18.9 Å². The molecule has 0 saturated heterocycles. The lowest BCUT2D eigenvalue weighted by Crippen LogP contribution is -2.26. The number of nitrogens with one attached hydrogen (secondary N) is 1. The van der Waals surface area contributed by atoms with E-state index in [0.29, 0.717) is 0 Å². The van der Waals surface area contributed by atoms with E-state index in [4.69, 9.17) is 4.74 Å². The number of anilines is 1. The molecule has 0 aliphatic carbocycles. The maximum atomic E-state index is 13.3. The van der Waals surface area contributed by atoms with Gasteiger partial charge in [0.05, 0.1) is 0 Å². The zero-order valence-electron chi connectivity index (χ0n) is 11.0. The third kappa shape index (κ3) is 4.68. The van der Waals surface area contributed by atoms with Crippen LogP contribution in [0.2, 0.25) is 0 Å². The average molecular weight is 297 g/mol. The number of benzene rings is 2. The fraction of sp³-hybridized carbons (Fsp3) is 0.200. The molecule has 0 amide bonds. The van der Waals surface area contributed by atoms with Crippen molar-refractivity contribution in [1.29, 1.82) is 0 Å². The largest absolute Gasteiger partial charge is 0.488 e. The topological polar surface area (TPSA) is 41.5 Å². The molecule has 0 aliphatic heterocycles. The van der Waals surface area contributed by atoms with Gasteiger partial charge in [0, 0.05) is 18.3 Å². The second-order valence-electron chi connectivity index (χ2n) is 4.43. The highest BCUT2D eigenvalue weighted by Gasteiger charge is 2.08. The van der Waals surface area contributed by atoms with Crippen LogP contribution in [0.5, 0.6) is 5.75 Å². The first-order chi connectivity index (χ1) is 10.0. The van der Waals surface area contributed by atoms with Crippen LogP contribution in [0.25, 0.3) is 0 Å². The maximum Gasteiger partial charge on any atom is 0.165 e. The van der Waals surface area contributed by atoms with Crippen molar-refractivity contribution in [3.63, 3.8) is 0 Å². The molecule has 1 atom stereocenters. The summed E-state index contributed by atoms with van der Waals surface area (Å²) in [5, 5.41) is 12.4. The molecule has 0 spiro atoms. The van der Waals surface area contributed by atoms with Crippen molar-refractivity contribution in [3.8, 4) is 5.75 Å². The van der Waals surface area contributed by atoms with Gasteiger partial charge in [-0.1, -0.05) is 12.1 Å². The minimum Gasteiger partial charge on any atom is -0.488 e. The van der Waals surface area contributed by atoms with Gasteiger partial charge in [-0.05, 0) is 24.3 Å². The van der Waals surface area contributed by atoms with E-state index in [0.717, 1.165) is 18.2 Å². The lowest BCUT2D eigenvalue weighted by atomic mass is 10.3. The van der Waals surface area contributed by atoms with Gasteiger partial charge in [-0.15, -0.1) is 0 Å². The fourth-order valence-corrected chi connectivity index (χ4v) is 1.70. The Balaban J connectivity index is 1.82. The molecule has 2 aromatic rings. The Morgan fingerprint density at radius 1 is 1.05 bits per heavy atom. The van der Waals surface area contributed by atoms with Crippen molar-refractivity contribution in [2.45, 2.75) is 6.10 Å². The number of halogens is 3. The second kappa shape index (κ2) is 6.99. The van der Waals surface area contributed by atoms with E-state index in [9.17, 15) is 18.3 Å². The van der Waals surface area contributed by atoms with Crippen LogP contribution in [-0.4, -0.2) is 24.4 Å². The van der Waals surface area contributed by atoms with Crippen molar-refractivity contribution < 1.29 is 23.0 Å². The molecule has 2 aromatic carbocycles. The number of hydrogen-bond donors (Lipinski definition) is 2. The Kier molecular flexibility index (Phi) is 5.05. The molecule has 112 valence electrons. The minimum atomic E-state index is -0.962. The van der Waals surface area contributed by atoms with Crippen LogP contribution in [0.1, 0.15) is 0 Å². The van der Waals surface area contributed by atoms with E-state index in [1.807, 2.05) is 0 Å². The third-order valence-corrected chi connectivity index (χ3v) is 2.67. The first-order valence-corrected chi connectivity index (χ1v) is 6.30. The molecule has 1 unspecified atom stereocenters. The monoisotopic (exact) mass is 297 g/mol. The lowest BCUT2D eigenvalue weighted by molar-refractivity contribution is 0.115. The lowest BCUT2D eigenvalue weighted by Gasteiger charge is -2.14. The molecular weight excluding hydrogens is 283 g/mol. The van der Waals surface area contributed by atoms with E-state index in [1.54, 1.807) is 6.07 Å². The number of para-hydroxylation sites is 1. The maximum absolute atomic E-state index is 13.3. The zero-order chi connectivity index (χ0) is 15.2. The van der Waals surface area contributed by atoms with Gasteiger partial charge in [-0.3, -0.25) is 0 Å². The summed E-state index contributed by atoms with van der Waals surface area (Å²) in [6.45, 7) is -0.136. The van der Waals surface area contributed by atoms with Gasteiger partial charge >= 0.3 is 0 Å². The molecule has 6 heteroatoms. The normalized spacial score (nSPS) is 12.0. The van der Waals surface area contributed by atoms with Gasteiger partial charge in [0.15, 0.2) is 11.6 Å². The molecule has 0 saturated carbocycles. The summed E-state index contributed by atoms with van der Waals surface area (Å²) in [5.41, 5.74) is 0.206. The van der Waals surface area contributed by atoms with Gasteiger partial charge in [0.25, 0.3) is 0 Å². The van der Waals surface area contributed by atoms with E-state index in [-0.39, 0.29) is 24.6 Å². The summed E-state index contributed by atoms with van der Waals surface area (Å²) >= 11 is 0. The van der Waals surface area contributed by atoms with Crippen LogP contribution < -0.4 is 10.1 Å². The molecule has 0 heterocycles. The summed E-state index contributed by atoms with van der Waals surface area (Å²) in [6, 6.07) is 8.79. The summed E-state index contributed by atoms with van der Waals surface area (Å²) in [4.78, 5) is 0. The molecule has 3 nitrogen and oxygen atoms in total. The number of hydrogen-bond acceptors (Lipinski definition) is 3. The predicted molar refractivity (Wildman–Crippen MR) is 72.7 cm³/mol. The van der Waals surface area contributed by atoms with Gasteiger partial charge < -0.3 is 15.2 Å². The molecule has 0 aromatic heterocycles. The molecule has 0 radical (unpaired) electrons. The third-order valence-electron chi connectivity index (χ3n) is 2.67. The molecule has 2 N–H and O–H groups in total. The number of aliphatic hydroxyl groups is 1. The van der Waals surface area contributed by atoms with E-state index >= 15 is 0 Å². The number of ether oxygens (including phenoxy) is 1. The van der Waals surface area contributed by atoms with E-state index in [1.165, 1.54) is 18.2 Å².